The summed E-state index contributed by atoms with van der Waals surface area (Å²) in [5.41, 5.74) is 2.73. The van der Waals surface area contributed by atoms with Gasteiger partial charge in [-0.15, -0.1) is 0 Å². The van der Waals surface area contributed by atoms with Crippen LogP contribution in [0.25, 0.3) is 0 Å². The summed E-state index contributed by atoms with van der Waals surface area (Å²) in [4.78, 5) is 0. The van der Waals surface area contributed by atoms with Crippen molar-refractivity contribution in [3.05, 3.63) is 41.2 Å². The number of aromatic nitrogens is 2. The minimum atomic E-state index is -0.671. The summed E-state index contributed by atoms with van der Waals surface area (Å²) in [6, 6.07) is 7.45. The number of hydrogen-bond acceptors (Lipinski definition) is 4. The summed E-state index contributed by atoms with van der Waals surface area (Å²) in [6.45, 7) is 2.06. The van der Waals surface area contributed by atoms with Crippen LogP contribution in [0.15, 0.2) is 24.3 Å². The lowest BCUT2D eigenvalue weighted by atomic mass is 10.0. The van der Waals surface area contributed by atoms with Crippen molar-refractivity contribution < 1.29 is 14.6 Å². The molecule has 0 amide bonds. The van der Waals surface area contributed by atoms with Gasteiger partial charge >= 0.3 is 0 Å². The molecule has 21 heavy (non-hydrogen) atoms. The highest BCUT2D eigenvalue weighted by Gasteiger charge is 2.17. The normalized spacial score (nSPS) is 12.2. The predicted octanol–water partition coefficient (Wildman–Crippen LogP) is 2.28. The molecular formula is C16H22N2O3. The molecule has 2 aromatic rings. The van der Waals surface area contributed by atoms with Crippen LogP contribution < -0.4 is 9.47 Å². The van der Waals surface area contributed by atoms with Gasteiger partial charge in [0, 0.05) is 24.7 Å². The molecule has 2 rings (SSSR count). The van der Waals surface area contributed by atoms with E-state index in [0.717, 1.165) is 23.4 Å². The standard InChI is InChI=1S/C16H22N2O3/c1-5-11-8-12(18(2)17-11)9-15(19)14-10-13(20-3)6-7-16(14)21-4/h6-8,10,15,19H,5,9H2,1-4H3. The van der Waals surface area contributed by atoms with E-state index in [1.165, 1.54) is 0 Å². The van der Waals surface area contributed by atoms with Crippen LogP contribution in [0, 0.1) is 0 Å². The largest absolute Gasteiger partial charge is 0.497 e. The van der Waals surface area contributed by atoms with Gasteiger partial charge in [-0.05, 0) is 30.7 Å². The molecule has 114 valence electrons. The third-order valence-electron chi connectivity index (χ3n) is 3.59. The highest BCUT2D eigenvalue weighted by atomic mass is 16.5. The molecule has 0 aliphatic rings. The maximum absolute atomic E-state index is 10.5. The molecule has 1 heterocycles. The Morgan fingerprint density at radius 3 is 2.57 bits per heavy atom. The maximum Gasteiger partial charge on any atom is 0.124 e. The molecule has 0 aliphatic heterocycles. The first-order valence-corrected chi connectivity index (χ1v) is 7.00. The molecule has 5 heteroatoms. The zero-order valence-electron chi connectivity index (χ0n) is 13.0. The third kappa shape index (κ3) is 3.36. The van der Waals surface area contributed by atoms with Crippen LogP contribution in [0.4, 0.5) is 0 Å². The molecular weight excluding hydrogens is 268 g/mol. The van der Waals surface area contributed by atoms with Gasteiger partial charge < -0.3 is 14.6 Å². The summed E-state index contributed by atoms with van der Waals surface area (Å²) in [6.07, 6.45) is 0.689. The fourth-order valence-electron chi connectivity index (χ4n) is 2.34. The van der Waals surface area contributed by atoms with Crippen molar-refractivity contribution in [2.24, 2.45) is 7.05 Å². The van der Waals surface area contributed by atoms with E-state index < -0.39 is 6.10 Å². The molecule has 0 bridgehead atoms. The third-order valence-corrected chi connectivity index (χ3v) is 3.59. The molecule has 0 spiro atoms. The lowest BCUT2D eigenvalue weighted by molar-refractivity contribution is 0.171. The van der Waals surface area contributed by atoms with Crippen LogP contribution in [-0.4, -0.2) is 29.1 Å². The zero-order chi connectivity index (χ0) is 15.4. The first-order valence-electron chi connectivity index (χ1n) is 7.00. The van der Waals surface area contributed by atoms with Crippen LogP contribution in [0.5, 0.6) is 11.5 Å². The van der Waals surface area contributed by atoms with E-state index in [1.807, 2.05) is 23.9 Å². The van der Waals surface area contributed by atoms with Crippen LogP contribution in [-0.2, 0) is 19.9 Å². The van der Waals surface area contributed by atoms with Gasteiger partial charge in [-0.2, -0.15) is 5.10 Å². The summed E-state index contributed by atoms with van der Waals surface area (Å²) < 4.78 is 12.4. The van der Waals surface area contributed by atoms with E-state index in [-0.39, 0.29) is 0 Å². The van der Waals surface area contributed by atoms with Crippen molar-refractivity contribution >= 4 is 0 Å². The van der Waals surface area contributed by atoms with E-state index in [0.29, 0.717) is 17.9 Å². The lowest BCUT2D eigenvalue weighted by Crippen LogP contribution is -2.08. The Kier molecular flexibility index (Phi) is 4.85. The zero-order valence-corrected chi connectivity index (χ0v) is 13.0. The summed E-state index contributed by atoms with van der Waals surface area (Å²) >= 11 is 0. The first kappa shape index (κ1) is 15.4. The van der Waals surface area contributed by atoms with Crippen molar-refractivity contribution in [3.63, 3.8) is 0 Å². The predicted molar refractivity (Wildman–Crippen MR) is 80.8 cm³/mol. The Bertz CT molecular complexity index is 608. The quantitative estimate of drug-likeness (QED) is 0.886. The number of hydrogen-bond donors (Lipinski definition) is 1. The Labute approximate surface area is 125 Å². The molecule has 0 saturated carbocycles. The Morgan fingerprint density at radius 1 is 1.24 bits per heavy atom. The second-order valence-corrected chi connectivity index (χ2v) is 4.93. The SMILES string of the molecule is CCc1cc(CC(O)c2cc(OC)ccc2OC)n(C)n1. The first-order chi connectivity index (χ1) is 10.1. The van der Waals surface area contributed by atoms with E-state index in [9.17, 15) is 5.11 Å². The van der Waals surface area contributed by atoms with Gasteiger partial charge in [-0.1, -0.05) is 6.92 Å². The van der Waals surface area contributed by atoms with Gasteiger partial charge in [0.05, 0.1) is 26.0 Å². The lowest BCUT2D eigenvalue weighted by Gasteiger charge is -2.16. The minimum Gasteiger partial charge on any atom is -0.497 e. The molecule has 5 nitrogen and oxygen atoms in total. The smallest absolute Gasteiger partial charge is 0.124 e. The molecule has 1 atom stereocenters. The van der Waals surface area contributed by atoms with Crippen molar-refractivity contribution in [2.45, 2.75) is 25.9 Å². The second-order valence-electron chi connectivity index (χ2n) is 4.93. The number of ether oxygens (including phenoxy) is 2. The van der Waals surface area contributed by atoms with Gasteiger partial charge in [0.25, 0.3) is 0 Å². The van der Waals surface area contributed by atoms with E-state index in [4.69, 9.17) is 9.47 Å². The van der Waals surface area contributed by atoms with Gasteiger partial charge in [0.1, 0.15) is 11.5 Å². The number of aryl methyl sites for hydroxylation is 2. The summed E-state index contributed by atoms with van der Waals surface area (Å²) in [5, 5.41) is 14.9. The molecule has 1 aromatic carbocycles. The van der Waals surface area contributed by atoms with Crippen molar-refractivity contribution in [1.29, 1.82) is 0 Å². The Balaban J connectivity index is 2.26. The Hall–Kier alpha value is -2.01. The van der Waals surface area contributed by atoms with Crippen LogP contribution in [0.2, 0.25) is 0 Å². The summed E-state index contributed by atoms with van der Waals surface area (Å²) in [5.74, 6) is 1.35. The van der Waals surface area contributed by atoms with E-state index >= 15 is 0 Å². The van der Waals surface area contributed by atoms with Gasteiger partial charge in [0.15, 0.2) is 0 Å². The average Bonchev–Trinajstić information content (AvgIpc) is 2.86. The van der Waals surface area contributed by atoms with Crippen molar-refractivity contribution in [3.8, 4) is 11.5 Å². The number of methoxy groups -OCH3 is 2. The molecule has 1 N–H and O–H groups in total. The van der Waals surface area contributed by atoms with Gasteiger partial charge in [-0.3, -0.25) is 4.68 Å². The summed E-state index contributed by atoms with van der Waals surface area (Å²) in [7, 11) is 5.09. The van der Waals surface area contributed by atoms with E-state index in [2.05, 4.69) is 12.0 Å². The number of rotatable bonds is 6. The maximum atomic E-state index is 10.5. The van der Waals surface area contributed by atoms with Gasteiger partial charge in [0.2, 0.25) is 0 Å². The van der Waals surface area contributed by atoms with Crippen LogP contribution in [0.1, 0.15) is 30.0 Å². The molecule has 0 radical (unpaired) electrons. The highest BCUT2D eigenvalue weighted by molar-refractivity contribution is 5.42. The van der Waals surface area contributed by atoms with Gasteiger partial charge in [-0.25, -0.2) is 0 Å². The Morgan fingerprint density at radius 2 is 2.00 bits per heavy atom. The van der Waals surface area contributed by atoms with Crippen molar-refractivity contribution in [1.82, 2.24) is 9.78 Å². The molecule has 1 aromatic heterocycles. The average molecular weight is 290 g/mol. The topological polar surface area (TPSA) is 56.5 Å². The van der Waals surface area contributed by atoms with Crippen molar-refractivity contribution in [2.75, 3.05) is 14.2 Å². The van der Waals surface area contributed by atoms with E-state index in [1.54, 1.807) is 26.4 Å². The molecule has 0 saturated heterocycles. The number of benzene rings is 1. The fraction of sp³-hybridized carbons (Fsp3) is 0.438. The highest BCUT2D eigenvalue weighted by Crippen LogP contribution is 2.31. The minimum absolute atomic E-state index is 0.479. The number of nitrogens with zero attached hydrogens (tertiary/aromatic N) is 2. The monoisotopic (exact) mass is 290 g/mol. The second kappa shape index (κ2) is 6.63. The number of aliphatic hydroxyl groups is 1. The fourth-order valence-corrected chi connectivity index (χ4v) is 2.34. The van der Waals surface area contributed by atoms with Crippen LogP contribution >= 0.6 is 0 Å². The molecule has 1 unspecified atom stereocenters. The van der Waals surface area contributed by atoms with Crippen LogP contribution in [0.3, 0.4) is 0 Å². The molecule has 0 fully saturated rings. The number of aliphatic hydroxyl groups excluding tert-OH is 1. The molecule has 0 aliphatic carbocycles.